The number of hydrogen-bond acceptors (Lipinski definition) is 3. The van der Waals surface area contributed by atoms with Gasteiger partial charge in [-0.25, -0.2) is 0 Å². The lowest BCUT2D eigenvalue weighted by atomic mass is 10.1. The number of carbonyl (C=O) groups is 1. The first-order valence-corrected chi connectivity index (χ1v) is 7.33. The summed E-state index contributed by atoms with van der Waals surface area (Å²) >= 11 is 10.8. The van der Waals surface area contributed by atoms with Gasteiger partial charge in [0, 0.05) is 5.56 Å². The van der Waals surface area contributed by atoms with E-state index in [0.717, 1.165) is 5.56 Å². The van der Waals surface area contributed by atoms with E-state index in [0.29, 0.717) is 22.9 Å². The van der Waals surface area contributed by atoms with Crippen molar-refractivity contribution in [1.82, 2.24) is 5.32 Å². The minimum Gasteiger partial charge on any atom is -0.487 e. The molecule has 0 aliphatic carbocycles. The second-order valence-electron chi connectivity index (χ2n) is 4.74. The quantitative estimate of drug-likeness (QED) is 0.843. The van der Waals surface area contributed by atoms with E-state index in [1.54, 1.807) is 12.1 Å². The molecule has 0 aliphatic rings. The largest absolute Gasteiger partial charge is 0.487 e. The smallest absolute Gasteiger partial charge is 0.257 e. The summed E-state index contributed by atoms with van der Waals surface area (Å²) in [5.41, 5.74) is 7.85. The Morgan fingerprint density at radius 3 is 2.55 bits per heavy atom. The molecule has 0 spiro atoms. The molecule has 0 atom stereocenters. The topological polar surface area (TPSA) is 64.3 Å². The van der Waals surface area contributed by atoms with Gasteiger partial charge in [0.15, 0.2) is 5.11 Å². The lowest BCUT2D eigenvalue weighted by molar-refractivity contribution is 0.0977. The number of hydrogen-bond donors (Lipinski definition) is 2. The third-order valence-corrected chi connectivity index (χ3v) is 3.34. The minimum absolute atomic E-state index is 0.0826. The number of carbonyl (C=O) groups excluding carboxylic acids is 1. The number of rotatable bonds is 4. The van der Waals surface area contributed by atoms with Crippen LogP contribution in [0.15, 0.2) is 42.5 Å². The van der Waals surface area contributed by atoms with Crippen molar-refractivity contribution in [3.63, 3.8) is 0 Å². The molecule has 0 saturated heterocycles. The fourth-order valence-corrected chi connectivity index (χ4v) is 2.12. The van der Waals surface area contributed by atoms with E-state index in [1.807, 2.05) is 31.2 Å². The number of nitrogens with one attached hydrogen (secondary N) is 1. The molecule has 0 radical (unpaired) electrons. The zero-order chi connectivity index (χ0) is 16.1. The molecule has 0 saturated carbocycles. The van der Waals surface area contributed by atoms with E-state index in [4.69, 9.17) is 22.1 Å². The van der Waals surface area contributed by atoms with Crippen LogP contribution in [0.1, 0.15) is 21.5 Å². The number of halogens is 1. The van der Waals surface area contributed by atoms with Gasteiger partial charge in [-0.15, -0.1) is 0 Å². The molecule has 114 valence electrons. The van der Waals surface area contributed by atoms with Gasteiger partial charge >= 0.3 is 0 Å². The molecular formula is C16H15ClN2O2S. The predicted octanol–water partition coefficient (Wildman–Crippen LogP) is 3.20. The molecule has 1 amide bonds. The van der Waals surface area contributed by atoms with E-state index < -0.39 is 5.91 Å². The number of thiocarbonyl (C=S) groups is 1. The van der Waals surface area contributed by atoms with Crippen molar-refractivity contribution in [1.29, 1.82) is 0 Å². The third-order valence-electron chi connectivity index (χ3n) is 2.95. The molecular weight excluding hydrogens is 320 g/mol. The van der Waals surface area contributed by atoms with Crippen LogP contribution in [0.2, 0.25) is 5.02 Å². The highest BCUT2D eigenvalue weighted by molar-refractivity contribution is 7.80. The summed E-state index contributed by atoms with van der Waals surface area (Å²) in [6, 6.07) is 12.8. The molecule has 0 aliphatic heterocycles. The van der Waals surface area contributed by atoms with Gasteiger partial charge in [0.25, 0.3) is 5.91 Å². The number of amides is 1. The molecule has 0 fully saturated rings. The van der Waals surface area contributed by atoms with Gasteiger partial charge in [-0.2, -0.15) is 0 Å². The highest BCUT2D eigenvalue weighted by Gasteiger charge is 2.10. The van der Waals surface area contributed by atoms with Crippen LogP contribution in [-0.2, 0) is 6.61 Å². The summed E-state index contributed by atoms with van der Waals surface area (Å²) in [6.07, 6.45) is 0. The first-order valence-electron chi connectivity index (χ1n) is 6.54. The fourth-order valence-electron chi connectivity index (χ4n) is 1.79. The minimum atomic E-state index is -0.403. The standard InChI is InChI=1S/C16H15ClN2O2S/c1-10-2-4-11(5-3-10)9-21-14-7-6-12(8-13(14)17)15(20)19-16(18)22/h2-8H,9H2,1H3,(H3,18,19,20,22). The lowest BCUT2D eigenvalue weighted by Gasteiger charge is -2.10. The van der Waals surface area contributed by atoms with Gasteiger partial charge in [0.2, 0.25) is 0 Å². The number of ether oxygens (including phenoxy) is 1. The van der Waals surface area contributed by atoms with Crippen molar-refractivity contribution in [2.24, 2.45) is 5.73 Å². The molecule has 3 N–H and O–H groups in total. The fraction of sp³-hybridized carbons (Fsp3) is 0.125. The monoisotopic (exact) mass is 334 g/mol. The molecule has 6 heteroatoms. The van der Waals surface area contributed by atoms with Gasteiger partial charge in [0.1, 0.15) is 12.4 Å². The Balaban J connectivity index is 2.05. The van der Waals surface area contributed by atoms with Crippen molar-refractivity contribution in [3.8, 4) is 5.75 Å². The normalized spacial score (nSPS) is 10.1. The van der Waals surface area contributed by atoms with Crippen LogP contribution >= 0.6 is 23.8 Å². The lowest BCUT2D eigenvalue weighted by Crippen LogP contribution is -2.34. The maximum absolute atomic E-state index is 11.8. The summed E-state index contributed by atoms with van der Waals surface area (Å²) in [5.74, 6) is 0.105. The second kappa shape index (κ2) is 7.24. The molecule has 22 heavy (non-hydrogen) atoms. The zero-order valence-electron chi connectivity index (χ0n) is 11.9. The molecule has 2 aromatic carbocycles. The Morgan fingerprint density at radius 1 is 1.27 bits per heavy atom. The van der Waals surface area contributed by atoms with Crippen LogP contribution in [-0.4, -0.2) is 11.0 Å². The molecule has 2 rings (SSSR count). The third kappa shape index (κ3) is 4.44. The maximum Gasteiger partial charge on any atom is 0.257 e. The second-order valence-corrected chi connectivity index (χ2v) is 5.58. The van der Waals surface area contributed by atoms with E-state index in [9.17, 15) is 4.79 Å². The van der Waals surface area contributed by atoms with Crippen LogP contribution in [0.5, 0.6) is 5.75 Å². The highest BCUT2D eigenvalue weighted by Crippen LogP contribution is 2.26. The SMILES string of the molecule is Cc1ccc(COc2ccc(C(=O)NC(N)=S)cc2Cl)cc1. The van der Waals surface area contributed by atoms with Gasteiger partial charge in [0.05, 0.1) is 5.02 Å². The Hall–Kier alpha value is -2.11. The van der Waals surface area contributed by atoms with Crippen LogP contribution < -0.4 is 15.8 Å². The summed E-state index contributed by atoms with van der Waals surface area (Å²) in [4.78, 5) is 11.8. The molecule has 4 nitrogen and oxygen atoms in total. The number of nitrogens with two attached hydrogens (primary N) is 1. The number of benzene rings is 2. The van der Waals surface area contributed by atoms with E-state index in [2.05, 4.69) is 17.5 Å². The molecule has 0 unspecified atom stereocenters. The summed E-state index contributed by atoms with van der Waals surface area (Å²) in [7, 11) is 0. The predicted molar refractivity (Wildman–Crippen MR) is 91.2 cm³/mol. The Bertz CT molecular complexity index is 702. The van der Waals surface area contributed by atoms with Crippen molar-refractivity contribution >= 4 is 34.8 Å². The Labute approximate surface area is 139 Å². The maximum atomic E-state index is 11.8. The average molecular weight is 335 g/mol. The first-order chi connectivity index (χ1) is 10.5. The van der Waals surface area contributed by atoms with Gasteiger partial charge in [-0.1, -0.05) is 41.4 Å². The van der Waals surface area contributed by atoms with Gasteiger partial charge in [-0.05, 0) is 42.9 Å². The van der Waals surface area contributed by atoms with Crippen molar-refractivity contribution in [2.45, 2.75) is 13.5 Å². The van der Waals surface area contributed by atoms with Crippen molar-refractivity contribution in [2.75, 3.05) is 0 Å². The molecule has 2 aromatic rings. The van der Waals surface area contributed by atoms with Crippen molar-refractivity contribution < 1.29 is 9.53 Å². The first kappa shape index (κ1) is 16.3. The number of aryl methyl sites for hydroxylation is 1. The van der Waals surface area contributed by atoms with Crippen LogP contribution in [0, 0.1) is 6.92 Å². The summed E-state index contributed by atoms with van der Waals surface area (Å²) < 4.78 is 5.66. The van der Waals surface area contributed by atoms with Crippen molar-refractivity contribution in [3.05, 3.63) is 64.2 Å². The Kier molecular flexibility index (Phi) is 5.35. The highest BCUT2D eigenvalue weighted by atomic mass is 35.5. The summed E-state index contributed by atoms with van der Waals surface area (Å²) in [6.45, 7) is 2.43. The van der Waals surface area contributed by atoms with Crippen LogP contribution in [0.3, 0.4) is 0 Å². The van der Waals surface area contributed by atoms with Gasteiger partial charge < -0.3 is 10.5 Å². The Morgan fingerprint density at radius 2 is 1.95 bits per heavy atom. The summed E-state index contributed by atoms with van der Waals surface area (Å²) in [5, 5.41) is 2.61. The van der Waals surface area contributed by atoms with Crippen LogP contribution in [0.25, 0.3) is 0 Å². The van der Waals surface area contributed by atoms with Gasteiger partial charge in [-0.3, -0.25) is 10.1 Å². The molecule has 0 bridgehead atoms. The van der Waals surface area contributed by atoms with E-state index in [1.165, 1.54) is 11.6 Å². The van der Waals surface area contributed by atoms with Crippen LogP contribution in [0.4, 0.5) is 0 Å². The molecule has 0 aromatic heterocycles. The molecule has 0 heterocycles. The van der Waals surface area contributed by atoms with E-state index >= 15 is 0 Å². The average Bonchev–Trinajstić information content (AvgIpc) is 2.47. The zero-order valence-corrected chi connectivity index (χ0v) is 13.5. The van der Waals surface area contributed by atoms with E-state index in [-0.39, 0.29) is 5.11 Å².